The van der Waals surface area contributed by atoms with E-state index in [0.29, 0.717) is 31.1 Å². The molecule has 1 amide bonds. The number of nitrogens with zero attached hydrogens (tertiary/aromatic N) is 3. The van der Waals surface area contributed by atoms with Gasteiger partial charge in [-0.25, -0.2) is 0 Å². The Hall–Kier alpha value is -3.19. The molecule has 2 aromatic carbocycles. The van der Waals surface area contributed by atoms with Gasteiger partial charge in [-0.1, -0.05) is 47.1 Å². The highest BCUT2D eigenvalue weighted by molar-refractivity contribution is 5.76. The number of hydrogen-bond acceptors (Lipinski definition) is 6. The normalized spacial score (nSPS) is 14.9. The molecule has 168 valence electrons. The van der Waals surface area contributed by atoms with Gasteiger partial charge in [0.15, 0.2) is 0 Å². The SMILES string of the molecule is COc1cccc(C(CNC(=O)CCc2nc(-c3ccc(C)cc3)no2)N2CCCC2)c1. The van der Waals surface area contributed by atoms with Crippen LogP contribution in [0.5, 0.6) is 5.75 Å². The number of carbonyl (C=O) groups excluding carboxylic acids is 1. The van der Waals surface area contributed by atoms with E-state index in [9.17, 15) is 4.79 Å². The van der Waals surface area contributed by atoms with Crippen LogP contribution in [0.1, 0.15) is 42.3 Å². The lowest BCUT2D eigenvalue weighted by Crippen LogP contribution is -2.36. The highest BCUT2D eigenvalue weighted by Crippen LogP contribution is 2.27. The monoisotopic (exact) mass is 434 g/mol. The van der Waals surface area contributed by atoms with E-state index in [1.165, 1.54) is 18.4 Å². The number of rotatable bonds is 9. The average molecular weight is 435 g/mol. The van der Waals surface area contributed by atoms with Crippen molar-refractivity contribution in [1.82, 2.24) is 20.4 Å². The van der Waals surface area contributed by atoms with Crippen molar-refractivity contribution in [2.75, 3.05) is 26.7 Å². The molecule has 3 aromatic rings. The van der Waals surface area contributed by atoms with E-state index in [0.717, 1.165) is 30.0 Å². The largest absolute Gasteiger partial charge is 0.497 e. The molecule has 2 heterocycles. The number of benzene rings is 2. The molecule has 1 aliphatic rings. The van der Waals surface area contributed by atoms with E-state index in [2.05, 4.69) is 32.5 Å². The summed E-state index contributed by atoms with van der Waals surface area (Å²) in [7, 11) is 1.67. The minimum absolute atomic E-state index is 0.0211. The van der Waals surface area contributed by atoms with Crippen LogP contribution in [0, 0.1) is 6.92 Å². The Balaban J connectivity index is 1.33. The fraction of sp³-hybridized carbons (Fsp3) is 0.400. The second kappa shape index (κ2) is 10.4. The van der Waals surface area contributed by atoms with E-state index >= 15 is 0 Å². The number of hydrogen-bond donors (Lipinski definition) is 1. The van der Waals surface area contributed by atoms with Crippen LogP contribution in [0.3, 0.4) is 0 Å². The fourth-order valence-electron chi connectivity index (χ4n) is 4.06. The van der Waals surface area contributed by atoms with Gasteiger partial charge < -0.3 is 14.6 Å². The molecule has 0 bridgehead atoms. The van der Waals surface area contributed by atoms with Gasteiger partial charge in [0.25, 0.3) is 0 Å². The molecule has 4 rings (SSSR count). The number of nitrogens with one attached hydrogen (secondary N) is 1. The first kappa shape index (κ1) is 22.0. The molecule has 1 atom stereocenters. The van der Waals surface area contributed by atoms with Crippen molar-refractivity contribution in [2.24, 2.45) is 0 Å². The van der Waals surface area contributed by atoms with E-state index < -0.39 is 0 Å². The van der Waals surface area contributed by atoms with Crippen LogP contribution in [0.2, 0.25) is 0 Å². The highest BCUT2D eigenvalue weighted by atomic mass is 16.5. The molecule has 7 nitrogen and oxygen atoms in total. The first-order valence-corrected chi connectivity index (χ1v) is 11.2. The van der Waals surface area contributed by atoms with Gasteiger partial charge in [0.2, 0.25) is 17.6 Å². The summed E-state index contributed by atoms with van der Waals surface area (Å²) in [6.45, 7) is 4.68. The zero-order valence-corrected chi connectivity index (χ0v) is 18.7. The van der Waals surface area contributed by atoms with Crippen LogP contribution in [-0.4, -0.2) is 47.7 Å². The minimum Gasteiger partial charge on any atom is -0.497 e. The molecule has 1 N–H and O–H groups in total. The molecule has 7 heteroatoms. The smallest absolute Gasteiger partial charge is 0.227 e. The Labute approximate surface area is 188 Å². The molecule has 1 fully saturated rings. The van der Waals surface area contributed by atoms with Gasteiger partial charge in [0.1, 0.15) is 5.75 Å². The lowest BCUT2D eigenvalue weighted by atomic mass is 10.0. The molecule has 1 aliphatic heterocycles. The van der Waals surface area contributed by atoms with Crippen molar-refractivity contribution in [1.29, 1.82) is 0 Å². The van der Waals surface area contributed by atoms with Crippen molar-refractivity contribution in [3.63, 3.8) is 0 Å². The van der Waals surface area contributed by atoms with Crippen LogP contribution in [0.15, 0.2) is 53.1 Å². The number of carbonyl (C=O) groups is 1. The predicted molar refractivity (Wildman–Crippen MR) is 122 cm³/mol. The second-order valence-corrected chi connectivity index (χ2v) is 8.22. The van der Waals surface area contributed by atoms with Crippen LogP contribution < -0.4 is 10.1 Å². The molecule has 1 saturated heterocycles. The first-order chi connectivity index (χ1) is 15.6. The summed E-state index contributed by atoms with van der Waals surface area (Å²) >= 11 is 0. The van der Waals surface area contributed by atoms with E-state index in [1.54, 1.807) is 7.11 Å². The maximum absolute atomic E-state index is 12.6. The summed E-state index contributed by atoms with van der Waals surface area (Å²) in [5.41, 5.74) is 3.24. The number of methoxy groups -OCH3 is 1. The van der Waals surface area contributed by atoms with Crippen molar-refractivity contribution >= 4 is 5.91 Å². The third kappa shape index (κ3) is 5.53. The molecular formula is C25H30N4O3. The summed E-state index contributed by atoms with van der Waals surface area (Å²) in [5.74, 6) is 1.83. The summed E-state index contributed by atoms with van der Waals surface area (Å²) in [6, 6.07) is 16.2. The van der Waals surface area contributed by atoms with Crippen molar-refractivity contribution < 1.29 is 14.1 Å². The zero-order valence-electron chi connectivity index (χ0n) is 18.7. The Morgan fingerprint density at radius 3 is 2.72 bits per heavy atom. The van der Waals surface area contributed by atoms with Crippen molar-refractivity contribution in [3.05, 3.63) is 65.5 Å². The maximum atomic E-state index is 12.6. The summed E-state index contributed by atoms with van der Waals surface area (Å²) in [6.07, 6.45) is 3.10. The lowest BCUT2D eigenvalue weighted by molar-refractivity contribution is -0.121. The van der Waals surface area contributed by atoms with Crippen LogP contribution in [-0.2, 0) is 11.2 Å². The number of aryl methyl sites for hydroxylation is 2. The van der Waals surface area contributed by atoms with Gasteiger partial charge in [0, 0.05) is 24.9 Å². The minimum atomic E-state index is -0.0211. The van der Waals surface area contributed by atoms with Gasteiger partial charge >= 0.3 is 0 Å². The van der Waals surface area contributed by atoms with Crippen LogP contribution >= 0.6 is 0 Å². The highest BCUT2D eigenvalue weighted by Gasteiger charge is 2.24. The summed E-state index contributed by atoms with van der Waals surface area (Å²) in [4.78, 5) is 19.4. The van der Waals surface area contributed by atoms with Gasteiger partial charge in [-0.2, -0.15) is 4.98 Å². The quantitative estimate of drug-likeness (QED) is 0.549. The number of ether oxygens (including phenoxy) is 1. The molecule has 0 spiro atoms. The maximum Gasteiger partial charge on any atom is 0.227 e. The third-order valence-corrected chi connectivity index (χ3v) is 5.90. The van der Waals surface area contributed by atoms with Crippen LogP contribution in [0.4, 0.5) is 0 Å². The molecule has 0 radical (unpaired) electrons. The summed E-state index contributed by atoms with van der Waals surface area (Å²) < 4.78 is 10.7. The van der Waals surface area contributed by atoms with Gasteiger partial charge in [-0.15, -0.1) is 0 Å². The van der Waals surface area contributed by atoms with Crippen LogP contribution in [0.25, 0.3) is 11.4 Å². The molecule has 1 aromatic heterocycles. The predicted octanol–water partition coefficient (Wildman–Crippen LogP) is 3.94. The molecule has 0 aliphatic carbocycles. The number of amides is 1. The fourth-order valence-corrected chi connectivity index (χ4v) is 4.06. The standard InChI is InChI=1S/C25H30N4O3/c1-18-8-10-19(11-9-18)25-27-24(32-28-25)13-12-23(30)26-17-22(29-14-3-4-15-29)20-6-5-7-21(16-20)31-2/h5-11,16,22H,3-4,12-15,17H2,1-2H3,(H,26,30). The zero-order chi connectivity index (χ0) is 22.3. The van der Waals surface area contributed by atoms with E-state index in [4.69, 9.17) is 9.26 Å². The first-order valence-electron chi connectivity index (χ1n) is 11.2. The Bertz CT molecular complexity index is 1030. The Morgan fingerprint density at radius 1 is 1.19 bits per heavy atom. The molecule has 32 heavy (non-hydrogen) atoms. The molecular weight excluding hydrogens is 404 g/mol. The van der Waals surface area contributed by atoms with Gasteiger partial charge in [-0.3, -0.25) is 9.69 Å². The third-order valence-electron chi connectivity index (χ3n) is 5.90. The summed E-state index contributed by atoms with van der Waals surface area (Å²) in [5, 5.41) is 7.14. The lowest BCUT2D eigenvalue weighted by Gasteiger charge is -2.28. The Kier molecular flexibility index (Phi) is 7.17. The molecule has 1 unspecified atom stereocenters. The average Bonchev–Trinajstić information content (AvgIpc) is 3.51. The van der Waals surface area contributed by atoms with E-state index in [1.807, 2.05) is 43.3 Å². The van der Waals surface area contributed by atoms with Gasteiger partial charge in [-0.05, 0) is 50.6 Å². The van der Waals surface area contributed by atoms with Crippen molar-refractivity contribution in [2.45, 2.75) is 38.6 Å². The number of aromatic nitrogens is 2. The topological polar surface area (TPSA) is 80.5 Å². The Morgan fingerprint density at radius 2 is 1.97 bits per heavy atom. The van der Waals surface area contributed by atoms with E-state index in [-0.39, 0.29) is 11.9 Å². The second-order valence-electron chi connectivity index (χ2n) is 8.22. The van der Waals surface area contributed by atoms with Crippen molar-refractivity contribution in [3.8, 4) is 17.1 Å². The molecule has 0 saturated carbocycles. The van der Waals surface area contributed by atoms with Gasteiger partial charge in [0.05, 0.1) is 13.2 Å². The number of likely N-dealkylation sites (tertiary alicyclic amines) is 1.